The van der Waals surface area contributed by atoms with Gasteiger partial charge in [-0.3, -0.25) is 4.79 Å². The van der Waals surface area contributed by atoms with Crippen molar-refractivity contribution in [1.82, 2.24) is 25.3 Å². The van der Waals surface area contributed by atoms with Crippen molar-refractivity contribution in [3.63, 3.8) is 0 Å². The summed E-state index contributed by atoms with van der Waals surface area (Å²) in [6, 6.07) is 9.53. The second-order valence-corrected chi connectivity index (χ2v) is 6.51. The topological polar surface area (TPSA) is 75.9 Å². The third kappa shape index (κ3) is 3.24. The average Bonchev–Trinajstić information content (AvgIpc) is 3.35. The first-order valence-corrected chi connectivity index (χ1v) is 9.06. The van der Waals surface area contributed by atoms with E-state index in [1.807, 2.05) is 42.1 Å². The largest absolute Gasteiger partial charge is 0.357 e. The van der Waals surface area contributed by atoms with Crippen LogP contribution < -0.4 is 10.2 Å². The van der Waals surface area contributed by atoms with Crippen LogP contribution in [0.15, 0.2) is 36.5 Å². The van der Waals surface area contributed by atoms with Gasteiger partial charge in [-0.2, -0.15) is 0 Å². The Morgan fingerprint density at radius 2 is 2.04 bits per heavy atom. The summed E-state index contributed by atoms with van der Waals surface area (Å²) in [5.41, 5.74) is 3.24. The fraction of sp³-hybridized carbons (Fsp3) is 0.368. The zero-order valence-electron chi connectivity index (χ0n) is 14.9. The number of pyridine rings is 1. The molecule has 1 fully saturated rings. The molecular weight excluding hydrogens is 328 g/mol. The van der Waals surface area contributed by atoms with Crippen molar-refractivity contribution in [3.8, 4) is 0 Å². The van der Waals surface area contributed by atoms with E-state index in [1.165, 1.54) is 12.8 Å². The Morgan fingerprint density at radius 1 is 1.19 bits per heavy atom. The highest BCUT2D eigenvalue weighted by molar-refractivity contribution is 5.97. The molecule has 0 bridgehead atoms. The van der Waals surface area contributed by atoms with Crippen molar-refractivity contribution in [2.75, 3.05) is 18.0 Å². The van der Waals surface area contributed by atoms with E-state index in [1.54, 1.807) is 6.07 Å². The number of carbonyl (C=O) groups is 1. The zero-order valence-corrected chi connectivity index (χ0v) is 14.9. The molecule has 0 spiro atoms. The van der Waals surface area contributed by atoms with Crippen LogP contribution in [0.5, 0.6) is 0 Å². The van der Waals surface area contributed by atoms with Crippen LogP contribution in [0.25, 0.3) is 11.0 Å². The second-order valence-electron chi connectivity index (χ2n) is 6.51. The standard InChI is InChI=1S/C19H22N6O/c1-2-25-17-7-6-15(11-16(17)22-23-25)19(26)21-13-14-5-8-18(20-12-14)24-9-3-4-10-24/h5-8,11-12H,2-4,9-10,13H2,1H3,(H,21,26). The summed E-state index contributed by atoms with van der Waals surface area (Å²) in [6.45, 7) is 5.37. The number of nitrogens with zero attached hydrogens (tertiary/aromatic N) is 5. The molecule has 0 saturated carbocycles. The minimum Gasteiger partial charge on any atom is -0.357 e. The molecule has 0 aliphatic carbocycles. The smallest absolute Gasteiger partial charge is 0.251 e. The molecule has 1 saturated heterocycles. The molecule has 3 aromatic rings. The summed E-state index contributed by atoms with van der Waals surface area (Å²) in [5, 5.41) is 11.1. The normalized spacial score (nSPS) is 14.1. The molecule has 0 atom stereocenters. The maximum absolute atomic E-state index is 12.4. The SMILES string of the molecule is CCn1nnc2cc(C(=O)NCc3ccc(N4CCCC4)nc3)ccc21. The lowest BCUT2D eigenvalue weighted by Crippen LogP contribution is -2.23. The molecule has 0 radical (unpaired) electrons. The first-order valence-electron chi connectivity index (χ1n) is 9.06. The van der Waals surface area contributed by atoms with Crippen LogP contribution in [0.2, 0.25) is 0 Å². The van der Waals surface area contributed by atoms with Gasteiger partial charge in [-0.25, -0.2) is 9.67 Å². The molecule has 1 aromatic carbocycles. The number of hydrogen-bond donors (Lipinski definition) is 1. The van der Waals surface area contributed by atoms with E-state index in [0.717, 1.165) is 42.0 Å². The molecule has 1 amide bonds. The highest BCUT2D eigenvalue weighted by Crippen LogP contribution is 2.18. The van der Waals surface area contributed by atoms with E-state index in [-0.39, 0.29) is 5.91 Å². The molecule has 7 heteroatoms. The number of carbonyl (C=O) groups excluding carboxylic acids is 1. The number of nitrogens with one attached hydrogen (secondary N) is 1. The third-order valence-corrected chi connectivity index (χ3v) is 4.77. The van der Waals surface area contributed by atoms with E-state index in [9.17, 15) is 4.79 Å². The van der Waals surface area contributed by atoms with Crippen molar-refractivity contribution in [2.24, 2.45) is 0 Å². The van der Waals surface area contributed by atoms with Crippen molar-refractivity contribution < 1.29 is 4.79 Å². The van der Waals surface area contributed by atoms with Crippen molar-refractivity contribution in [2.45, 2.75) is 32.9 Å². The number of benzene rings is 1. The molecule has 26 heavy (non-hydrogen) atoms. The molecule has 2 aromatic heterocycles. The highest BCUT2D eigenvalue weighted by atomic mass is 16.1. The monoisotopic (exact) mass is 350 g/mol. The molecule has 4 rings (SSSR count). The first kappa shape index (κ1) is 16.5. The van der Waals surface area contributed by atoms with Crippen LogP contribution in [0.3, 0.4) is 0 Å². The van der Waals surface area contributed by atoms with Gasteiger partial charge in [0.25, 0.3) is 5.91 Å². The summed E-state index contributed by atoms with van der Waals surface area (Å²) in [4.78, 5) is 19.2. The number of hydrogen-bond acceptors (Lipinski definition) is 5. The molecule has 0 unspecified atom stereocenters. The Labute approximate surface area is 152 Å². The molecule has 1 N–H and O–H groups in total. The molecule has 1 aliphatic rings. The third-order valence-electron chi connectivity index (χ3n) is 4.77. The maximum atomic E-state index is 12.4. The highest BCUT2D eigenvalue weighted by Gasteiger charge is 2.13. The van der Waals surface area contributed by atoms with Crippen molar-refractivity contribution in [3.05, 3.63) is 47.7 Å². The van der Waals surface area contributed by atoms with E-state index >= 15 is 0 Å². The van der Waals surface area contributed by atoms with Gasteiger partial charge in [0, 0.05) is 37.9 Å². The number of aromatic nitrogens is 4. The van der Waals surface area contributed by atoms with Crippen molar-refractivity contribution >= 4 is 22.8 Å². The van der Waals surface area contributed by atoms with E-state index in [0.29, 0.717) is 12.1 Å². The molecule has 134 valence electrons. The maximum Gasteiger partial charge on any atom is 0.251 e. The van der Waals surface area contributed by atoms with Crippen LogP contribution in [0.1, 0.15) is 35.7 Å². The Hall–Kier alpha value is -2.96. The van der Waals surface area contributed by atoms with Gasteiger partial charge in [-0.15, -0.1) is 5.10 Å². The fourth-order valence-electron chi connectivity index (χ4n) is 3.29. The van der Waals surface area contributed by atoms with Crippen LogP contribution in [0, 0.1) is 0 Å². The quantitative estimate of drug-likeness (QED) is 0.764. The van der Waals surface area contributed by atoms with E-state index < -0.39 is 0 Å². The van der Waals surface area contributed by atoms with Crippen molar-refractivity contribution in [1.29, 1.82) is 0 Å². The minimum atomic E-state index is -0.124. The van der Waals surface area contributed by atoms with Crippen LogP contribution >= 0.6 is 0 Å². The molecule has 3 heterocycles. The Bertz CT molecular complexity index is 911. The van der Waals surface area contributed by atoms with Crippen LogP contribution in [-0.4, -0.2) is 39.0 Å². The van der Waals surface area contributed by atoms with Gasteiger partial charge < -0.3 is 10.2 Å². The number of amides is 1. The van der Waals surface area contributed by atoms with Crippen LogP contribution in [-0.2, 0) is 13.1 Å². The Morgan fingerprint density at radius 3 is 2.77 bits per heavy atom. The summed E-state index contributed by atoms with van der Waals surface area (Å²) >= 11 is 0. The van der Waals surface area contributed by atoms with Crippen LogP contribution in [0.4, 0.5) is 5.82 Å². The van der Waals surface area contributed by atoms with Gasteiger partial charge in [0.05, 0.1) is 5.52 Å². The fourth-order valence-corrected chi connectivity index (χ4v) is 3.29. The lowest BCUT2D eigenvalue weighted by molar-refractivity contribution is 0.0951. The summed E-state index contributed by atoms with van der Waals surface area (Å²) < 4.78 is 1.81. The molecule has 7 nitrogen and oxygen atoms in total. The van der Waals surface area contributed by atoms with Gasteiger partial charge in [0.1, 0.15) is 11.3 Å². The summed E-state index contributed by atoms with van der Waals surface area (Å²) in [7, 11) is 0. The Kier molecular flexibility index (Phi) is 4.51. The molecule has 1 aliphatic heterocycles. The lowest BCUT2D eigenvalue weighted by Gasteiger charge is -2.16. The lowest BCUT2D eigenvalue weighted by atomic mass is 10.2. The van der Waals surface area contributed by atoms with Gasteiger partial charge in [0.15, 0.2) is 0 Å². The number of rotatable bonds is 5. The predicted molar refractivity (Wildman–Crippen MR) is 100 cm³/mol. The first-order chi connectivity index (χ1) is 12.7. The molecular formula is C19H22N6O. The summed E-state index contributed by atoms with van der Waals surface area (Å²) in [5.74, 6) is 0.892. The van der Waals surface area contributed by atoms with Gasteiger partial charge in [-0.1, -0.05) is 11.3 Å². The summed E-state index contributed by atoms with van der Waals surface area (Å²) in [6.07, 6.45) is 4.30. The van der Waals surface area contributed by atoms with Gasteiger partial charge in [-0.05, 0) is 49.6 Å². The second kappa shape index (κ2) is 7.11. The van der Waals surface area contributed by atoms with E-state index in [4.69, 9.17) is 0 Å². The zero-order chi connectivity index (χ0) is 17.9. The number of fused-ring (bicyclic) bond motifs is 1. The van der Waals surface area contributed by atoms with Gasteiger partial charge >= 0.3 is 0 Å². The minimum absolute atomic E-state index is 0.124. The predicted octanol–water partition coefficient (Wildman–Crippen LogP) is 2.38. The van der Waals surface area contributed by atoms with Gasteiger partial charge in [0.2, 0.25) is 0 Å². The Balaban J connectivity index is 1.40. The average molecular weight is 350 g/mol. The number of aryl methyl sites for hydroxylation is 1. The van der Waals surface area contributed by atoms with E-state index in [2.05, 4.69) is 25.5 Å². The number of anilines is 1.